The number of rotatable bonds is 5. The van der Waals surface area contributed by atoms with Crippen molar-refractivity contribution in [3.8, 4) is 6.07 Å². The first-order chi connectivity index (χ1) is 11.1. The number of hydrogen-bond donors (Lipinski definition) is 3. The molecule has 0 amide bonds. The van der Waals surface area contributed by atoms with Crippen molar-refractivity contribution in [1.29, 1.82) is 5.26 Å². The average Bonchev–Trinajstić information content (AvgIpc) is 3.09. The Bertz CT molecular complexity index is 729. The van der Waals surface area contributed by atoms with Crippen molar-refractivity contribution in [3.63, 3.8) is 0 Å². The molecule has 4 N–H and O–H groups in total. The molecule has 0 unspecified atom stereocenters. The Morgan fingerprint density at radius 2 is 2.17 bits per heavy atom. The summed E-state index contributed by atoms with van der Waals surface area (Å²) in [5.74, 6) is 0.221. The minimum atomic E-state index is -1.17. The number of hydrogen-bond acceptors (Lipinski definition) is 9. The van der Waals surface area contributed by atoms with Gasteiger partial charge in [-0.2, -0.15) is 5.26 Å². The monoisotopic (exact) mass is 320 g/mol. The van der Waals surface area contributed by atoms with E-state index in [-0.39, 0.29) is 25.5 Å². The molecule has 3 heterocycles. The average molecular weight is 320 g/mol. The maximum absolute atomic E-state index is 10.2. The lowest BCUT2D eigenvalue weighted by atomic mass is 10.1. The van der Waals surface area contributed by atoms with E-state index >= 15 is 0 Å². The van der Waals surface area contributed by atoms with Crippen LogP contribution in [0.1, 0.15) is 12.6 Å². The summed E-state index contributed by atoms with van der Waals surface area (Å²) in [4.78, 5) is 12.0. The number of anilines is 1. The van der Waals surface area contributed by atoms with Crippen molar-refractivity contribution in [1.82, 2.24) is 19.5 Å². The van der Waals surface area contributed by atoms with Gasteiger partial charge in [-0.05, 0) is 0 Å². The van der Waals surface area contributed by atoms with Gasteiger partial charge in [0.25, 0.3) is 0 Å². The Kier molecular flexibility index (Phi) is 4.35. The van der Waals surface area contributed by atoms with E-state index in [0.717, 1.165) is 0 Å². The highest BCUT2D eigenvalue weighted by molar-refractivity contribution is 5.81. The van der Waals surface area contributed by atoms with E-state index in [1.165, 1.54) is 17.2 Å². The highest BCUT2D eigenvalue weighted by Crippen LogP contribution is 2.32. The van der Waals surface area contributed by atoms with Crippen molar-refractivity contribution >= 4 is 17.0 Å². The Balaban J connectivity index is 1.77. The molecule has 3 rings (SSSR count). The molecule has 0 aliphatic carbocycles. The Labute approximate surface area is 131 Å². The number of nitrogens with zero attached hydrogens (tertiary/aromatic N) is 5. The maximum atomic E-state index is 10.2. The Morgan fingerprint density at radius 3 is 2.96 bits per heavy atom. The number of nitriles is 1. The summed E-state index contributed by atoms with van der Waals surface area (Å²) < 4.78 is 12.4. The van der Waals surface area contributed by atoms with Crippen LogP contribution < -0.4 is 5.73 Å². The zero-order chi connectivity index (χ0) is 16.4. The van der Waals surface area contributed by atoms with Gasteiger partial charge in [0.1, 0.15) is 30.2 Å². The van der Waals surface area contributed by atoms with Crippen LogP contribution in [0.15, 0.2) is 12.7 Å². The number of aliphatic hydroxyl groups is 2. The third kappa shape index (κ3) is 2.82. The minimum absolute atomic E-state index is 0.0696. The Morgan fingerprint density at radius 1 is 1.35 bits per heavy atom. The van der Waals surface area contributed by atoms with Crippen molar-refractivity contribution < 1.29 is 19.7 Å². The summed E-state index contributed by atoms with van der Waals surface area (Å²) >= 11 is 0. The molecular formula is C13H16N6O4. The zero-order valence-electron chi connectivity index (χ0n) is 12.1. The van der Waals surface area contributed by atoms with Crippen LogP contribution in [0.4, 0.5) is 5.82 Å². The van der Waals surface area contributed by atoms with Gasteiger partial charge >= 0.3 is 0 Å². The van der Waals surface area contributed by atoms with Crippen LogP contribution in [0.5, 0.6) is 0 Å². The summed E-state index contributed by atoms with van der Waals surface area (Å²) in [6, 6.07) is 1.95. The number of imidazole rings is 1. The third-order valence-corrected chi connectivity index (χ3v) is 3.64. The minimum Gasteiger partial charge on any atom is -0.387 e. The lowest BCUT2D eigenvalue weighted by molar-refractivity contribution is -0.0647. The molecule has 1 aliphatic rings. The van der Waals surface area contributed by atoms with Crippen molar-refractivity contribution in [2.24, 2.45) is 0 Å². The molecule has 122 valence electrons. The molecule has 2 aromatic rings. The lowest BCUT2D eigenvalue weighted by Gasteiger charge is -2.16. The first kappa shape index (κ1) is 15.6. The van der Waals surface area contributed by atoms with Crippen LogP contribution in [0, 0.1) is 11.3 Å². The molecule has 1 saturated heterocycles. The molecular weight excluding hydrogens is 304 g/mol. The number of fused-ring (bicyclic) bond motifs is 1. The Hall–Kier alpha value is -2.32. The standard InChI is InChI=1S/C13H16N6O4/c14-2-1-3-22-4-7-9(20)10(21)13(23-7)19-6-18-8-11(15)16-5-17-12(8)19/h5-7,9-10,13,20-21H,1,3-4H2,(H2,15,16,17)/t7-,9-,10-,13-/m1/s1. The quantitative estimate of drug-likeness (QED) is 0.586. The zero-order valence-corrected chi connectivity index (χ0v) is 12.1. The smallest absolute Gasteiger partial charge is 0.167 e. The lowest BCUT2D eigenvalue weighted by Crippen LogP contribution is -2.33. The summed E-state index contributed by atoms with van der Waals surface area (Å²) in [6.07, 6.45) is -0.922. The summed E-state index contributed by atoms with van der Waals surface area (Å²) in [7, 11) is 0. The molecule has 0 spiro atoms. The molecule has 10 nitrogen and oxygen atoms in total. The molecule has 1 aliphatic heterocycles. The molecule has 2 aromatic heterocycles. The van der Waals surface area contributed by atoms with Crippen LogP contribution in [-0.2, 0) is 9.47 Å². The number of ether oxygens (including phenoxy) is 2. The van der Waals surface area contributed by atoms with E-state index < -0.39 is 24.5 Å². The number of nitrogens with two attached hydrogens (primary N) is 1. The normalized spacial score (nSPS) is 27.3. The summed E-state index contributed by atoms with van der Waals surface area (Å²) in [5.41, 5.74) is 6.52. The fourth-order valence-electron chi connectivity index (χ4n) is 2.47. The molecule has 0 bridgehead atoms. The second-order valence-electron chi connectivity index (χ2n) is 5.11. The van der Waals surface area contributed by atoms with Crippen LogP contribution in [0.3, 0.4) is 0 Å². The van der Waals surface area contributed by atoms with Crippen molar-refractivity contribution in [2.45, 2.75) is 31.0 Å². The van der Waals surface area contributed by atoms with E-state index in [1.807, 2.05) is 6.07 Å². The van der Waals surface area contributed by atoms with Gasteiger partial charge in [-0.25, -0.2) is 15.0 Å². The van der Waals surface area contributed by atoms with Crippen molar-refractivity contribution in [3.05, 3.63) is 12.7 Å². The van der Waals surface area contributed by atoms with Crippen LogP contribution >= 0.6 is 0 Å². The predicted octanol–water partition coefficient (Wildman–Crippen LogP) is -1.04. The fraction of sp³-hybridized carbons (Fsp3) is 0.538. The molecule has 0 aromatic carbocycles. The summed E-state index contributed by atoms with van der Waals surface area (Å²) in [6.45, 7) is 0.307. The highest BCUT2D eigenvalue weighted by atomic mass is 16.6. The van der Waals surface area contributed by atoms with E-state index in [0.29, 0.717) is 11.2 Å². The highest BCUT2D eigenvalue weighted by Gasteiger charge is 2.44. The number of aliphatic hydroxyl groups excluding tert-OH is 2. The second-order valence-corrected chi connectivity index (χ2v) is 5.11. The van der Waals surface area contributed by atoms with Crippen LogP contribution in [0.25, 0.3) is 11.2 Å². The van der Waals surface area contributed by atoms with Gasteiger partial charge in [-0.15, -0.1) is 0 Å². The molecule has 0 radical (unpaired) electrons. The van der Waals surface area contributed by atoms with Crippen LogP contribution in [-0.4, -0.2) is 61.3 Å². The molecule has 0 saturated carbocycles. The second kappa shape index (κ2) is 6.43. The van der Waals surface area contributed by atoms with Gasteiger partial charge in [0.2, 0.25) is 0 Å². The van der Waals surface area contributed by atoms with Crippen LogP contribution in [0.2, 0.25) is 0 Å². The molecule has 10 heteroatoms. The van der Waals surface area contributed by atoms with Gasteiger partial charge < -0.3 is 25.4 Å². The van der Waals surface area contributed by atoms with Gasteiger partial charge in [0, 0.05) is 0 Å². The topological polar surface area (TPSA) is 152 Å². The van der Waals surface area contributed by atoms with E-state index in [1.54, 1.807) is 0 Å². The fourth-order valence-corrected chi connectivity index (χ4v) is 2.47. The third-order valence-electron chi connectivity index (χ3n) is 3.64. The summed E-state index contributed by atoms with van der Waals surface area (Å²) in [5, 5.41) is 28.8. The largest absolute Gasteiger partial charge is 0.387 e. The van der Waals surface area contributed by atoms with Gasteiger partial charge in [0.15, 0.2) is 17.7 Å². The van der Waals surface area contributed by atoms with Gasteiger partial charge in [-0.3, -0.25) is 4.57 Å². The SMILES string of the molecule is N#CCCOC[C@H]1O[C@@H](n2cnc3c(N)ncnc32)[C@H](O)[C@@H]1O. The van der Waals surface area contributed by atoms with E-state index in [9.17, 15) is 10.2 Å². The van der Waals surface area contributed by atoms with E-state index in [2.05, 4.69) is 15.0 Å². The number of aromatic nitrogens is 4. The molecule has 4 atom stereocenters. The molecule has 23 heavy (non-hydrogen) atoms. The first-order valence-electron chi connectivity index (χ1n) is 7.02. The van der Waals surface area contributed by atoms with Gasteiger partial charge in [0.05, 0.1) is 32.0 Å². The van der Waals surface area contributed by atoms with Gasteiger partial charge in [-0.1, -0.05) is 0 Å². The van der Waals surface area contributed by atoms with E-state index in [4.69, 9.17) is 20.5 Å². The number of nitrogen functional groups attached to an aromatic ring is 1. The van der Waals surface area contributed by atoms with Crippen molar-refractivity contribution in [2.75, 3.05) is 18.9 Å². The molecule has 1 fully saturated rings. The predicted molar refractivity (Wildman–Crippen MR) is 76.7 cm³/mol. The first-order valence-corrected chi connectivity index (χ1v) is 7.02. The maximum Gasteiger partial charge on any atom is 0.167 e.